The van der Waals surface area contributed by atoms with Gasteiger partial charge < -0.3 is 15.1 Å². The number of amides is 2. The van der Waals surface area contributed by atoms with E-state index in [0.29, 0.717) is 11.3 Å². The van der Waals surface area contributed by atoms with E-state index < -0.39 is 0 Å². The van der Waals surface area contributed by atoms with Gasteiger partial charge in [0.15, 0.2) is 0 Å². The van der Waals surface area contributed by atoms with Crippen molar-refractivity contribution < 1.29 is 14.0 Å². The molecule has 0 fully saturated rings. The Hall–Kier alpha value is -2.82. The average molecular weight is 326 g/mol. The molecule has 0 aliphatic carbocycles. The maximum atomic E-state index is 12.5. The molecule has 0 atom stereocenters. The van der Waals surface area contributed by atoms with Crippen LogP contribution in [-0.4, -0.2) is 17.9 Å². The van der Waals surface area contributed by atoms with Crippen LogP contribution in [0.4, 0.5) is 0 Å². The van der Waals surface area contributed by atoms with Crippen molar-refractivity contribution >= 4 is 17.9 Å². The highest BCUT2D eigenvalue weighted by molar-refractivity contribution is 6.05. The third kappa shape index (κ3) is 4.84. The van der Waals surface area contributed by atoms with E-state index in [1.807, 2.05) is 19.9 Å². The Balaban J connectivity index is 2.20. The molecular weight excluding hydrogens is 304 g/mol. The van der Waals surface area contributed by atoms with Crippen LogP contribution in [0.25, 0.3) is 6.08 Å². The molecule has 1 heterocycles. The minimum Gasteiger partial charge on any atom is -0.465 e. The maximum Gasteiger partial charge on any atom is 0.268 e. The van der Waals surface area contributed by atoms with Crippen LogP contribution in [0.2, 0.25) is 0 Å². The Morgan fingerprint density at radius 1 is 1.08 bits per heavy atom. The molecule has 0 aliphatic rings. The normalized spacial score (nSPS) is 11.4. The quantitative estimate of drug-likeness (QED) is 0.767. The van der Waals surface area contributed by atoms with Crippen LogP contribution in [0, 0.1) is 0 Å². The molecule has 126 valence electrons. The number of nitrogens with one attached hydrogen (secondary N) is 2. The lowest BCUT2D eigenvalue weighted by atomic mass is 10.1. The fourth-order valence-corrected chi connectivity index (χ4v) is 2.21. The smallest absolute Gasteiger partial charge is 0.268 e. The zero-order valence-electron chi connectivity index (χ0n) is 13.9. The second-order valence-electron chi connectivity index (χ2n) is 5.38. The van der Waals surface area contributed by atoms with Gasteiger partial charge in [-0.25, -0.2) is 0 Å². The second kappa shape index (κ2) is 8.72. The third-order valence-corrected chi connectivity index (χ3v) is 3.68. The van der Waals surface area contributed by atoms with E-state index in [9.17, 15) is 9.59 Å². The van der Waals surface area contributed by atoms with Gasteiger partial charge in [0.05, 0.1) is 6.26 Å². The number of rotatable bonds is 7. The Labute approximate surface area is 141 Å². The Morgan fingerprint density at radius 3 is 2.38 bits per heavy atom. The molecule has 5 heteroatoms. The molecule has 0 bridgehead atoms. The first-order chi connectivity index (χ1) is 11.6. The molecule has 0 radical (unpaired) electrons. The van der Waals surface area contributed by atoms with E-state index >= 15 is 0 Å². The summed E-state index contributed by atoms with van der Waals surface area (Å²) in [5.41, 5.74) is 0.642. The summed E-state index contributed by atoms with van der Waals surface area (Å²) in [5, 5.41) is 5.60. The van der Waals surface area contributed by atoms with E-state index in [-0.39, 0.29) is 23.6 Å². The molecule has 0 spiro atoms. The van der Waals surface area contributed by atoms with E-state index in [2.05, 4.69) is 10.6 Å². The molecule has 2 aromatic rings. The number of hydrogen-bond donors (Lipinski definition) is 2. The minimum absolute atomic E-state index is 0.0612. The van der Waals surface area contributed by atoms with Crippen molar-refractivity contribution in [3.8, 4) is 0 Å². The molecule has 0 saturated heterocycles. The summed E-state index contributed by atoms with van der Waals surface area (Å²) in [6, 6.07) is 12.3. The molecule has 5 nitrogen and oxygen atoms in total. The van der Waals surface area contributed by atoms with Gasteiger partial charge >= 0.3 is 0 Å². The zero-order chi connectivity index (χ0) is 17.4. The van der Waals surface area contributed by atoms with Gasteiger partial charge in [-0.1, -0.05) is 32.0 Å². The van der Waals surface area contributed by atoms with Gasteiger partial charge in [0.25, 0.3) is 11.8 Å². The van der Waals surface area contributed by atoms with Gasteiger partial charge in [0, 0.05) is 17.7 Å². The van der Waals surface area contributed by atoms with Gasteiger partial charge in [0.1, 0.15) is 11.5 Å². The van der Waals surface area contributed by atoms with Crippen LogP contribution in [-0.2, 0) is 4.79 Å². The summed E-state index contributed by atoms with van der Waals surface area (Å²) in [5.74, 6) is -0.171. The van der Waals surface area contributed by atoms with Crippen molar-refractivity contribution in [1.82, 2.24) is 10.6 Å². The van der Waals surface area contributed by atoms with Crippen LogP contribution < -0.4 is 10.6 Å². The van der Waals surface area contributed by atoms with Crippen molar-refractivity contribution in [2.24, 2.45) is 0 Å². The first-order valence-electron chi connectivity index (χ1n) is 8.06. The van der Waals surface area contributed by atoms with Gasteiger partial charge in [0.2, 0.25) is 0 Å². The van der Waals surface area contributed by atoms with Crippen molar-refractivity contribution in [3.63, 3.8) is 0 Å². The highest BCUT2D eigenvalue weighted by Crippen LogP contribution is 2.09. The van der Waals surface area contributed by atoms with Crippen LogP contribution in [0.1, 0.15) is 42.8 Å². The molecule has 24 heavy (non-hydrogen) atoms. The maximum absolute atomic E-state index is 12.5. The van der Waals surface area contributed by atoms with Crippen molar-refractivity contribution in [2.75, 3.05) is 0 Å². The first kappa shape index (κ1) is 17.5. The summed E-state index contributed by atoms with van der Waals surface area (Å²) in [6.07, 6.45) is 4.69. The summed E-state index contributed by atoms with van der Waals surface area (Å²) in [7, 11) is 0. The summed E-state index contributed by atoms with van der Waals surface area (Å²) >= 11 is 0. The molecular formula is C19H22N2O3. The fraction of sp³-hybridized carbons (Fsp3) is 0.263. The predicted octanol–water partition coefficient (Wildman–Crippen LogP) is 3.36. The fourth-order valence-electron chi connectivity index (χ4n) is 2.21. The van der Waals surface area contributed by atoms with Gasteiger partial charge in [-0.2, -0.15) is 0 Å². The summed E-state index contributed by atoms with van der Waals surface area (Å²) < 4.78 is 5.25. The molecule has 0 aliphatic heterocycles. The topological polar surface area (TPSA) is 71.3 Å². The van der Waals surface area contributed by atoms with Gasteiger partial charge in [-0.15, -0.1) is 0 Å². The highest BCUT2D eigenvalue weighted by Gasteiger charge is 2.17. The molecule has 2 rings (SSSR count). The molecule has 0 saturated carbocycles. The van der Waals surface area contributed by atoms with Crippen LogP contribution in [0.5, 0.6) is 0 Å². The van der Waals surface area contributed by atoms with E-state index in [1.165, 1.54) is 12.3 Å². The number of hydrogen-bond acceptors (Lipinski definition) is 3. The first-order valence-corrected chi connectivity index (χ1v) is 8.06. The standard InChI is InChI=1S/C19H22N2O3/c1-3-15(4-2)20-19(23)17(13-16-11-8-12-24-16)21-18(22)14-9-6-5-7-10-14/h5-13,15H,3-4H2,1-2H3,(H,20,23)(H,21,22)/b17-13-. The minimum atomic E-state index is -0.340. The number of furan rings is 1. The molecule has 2 N–H and O–H groups in total. The largest absolute Gasteiger partial charge is 0.465 e. The highest BCUT2D eigenvalue weighted by atomic mass is 16.3. The van der Waals surface area contributed by atoms with Crippen molar-refractivity contribution in [1.29, 1.82) is 0 Å². The molecule has 2 amide bonds. The molecule has 1 aromatic heterocycles. The summed E-state index contributed by atoms with van der Waals surface area (Å²) in [6.45, 7) is 4.01. The number of carbonyl (C=O) groups excluding carboxylic acids is 2. The van der Waals surface area contributed by atoms with E-state index in [0.717, 1.165) is 12.8 Å². The van der Waals surface area contributed by atoms with Crippen molar-refractivity contribution in [3.05, 3.63) is 65.7 Å². The predicted molar refractivity (Wildman–Crippen MR) is 93.1 cm³/mol. The van der Waals surface area contributed by atoms with Gasteiger partial charge in [-0.3, -0.25) is 9.59 Å². The lowest BCUT2D eigenvalue weighted by molar-refractivity contribution is -0.118. The van der Waals surface area contributed by atoms with Crippen molar-refractivity contribution in [2.45, 2.75) is 32.7 Å². The monoisotopic (exact) mass is 326 g/mol. The Morgan fingerprint density at radius 2 is 1.79 bits per heavy atom. The lowest BCUT2D eigenvalue weighted by Crippen LogP contribution is -2.40. The number of carbonyl (C=O) groups is 2. The number of benzene rings is 1. The Bertz CT molecular complexity index is 687. The second-order valence-corrected chi connectivity index (χ2v) is 5.38. The molecule has 0 unspecified atom stereocenters. The lowest BCUT2D eigenvalue weighted by Gasteiger charge is -2.16. The third-order valence-electron chi connectivity index (χ3n) is 3.68. The van der Waals surface area contributed by atoms with Crippen LogP contribution >= 0.6 is 0 Å². The van der Waals surface area contributed by atoms with E-state index in [4.69, 9.17) is 4.42 Å². The van der Waals surface area contributed by atoms with Gasteiger partial charge in [-0.05, 0) is 37.1 Å². The van der Waals surface area contributed by atoms with Crippen LogP contribution in [0.15, 0.2) is 58.8 Å². The SMILES string of the molecule is CCC(CC)NC(=O)/C(=C/c1ccco1)NC(=O)c1ccccc1. The zero-order valence-corrected chi connectivity index (χ0v) is 13.9. The van der Waals surface area contributed by atoms with E-state index in [1.54, 1.807) is 36.4 Å². The Kier molecular flexibility index (Phi) is 6.37. The average Bonchev–Trinajstić information content (AvgIpc) is 3.12. The summed E-state index contributed by atoms with van der Waals surface area (Å²) in [4.78, 5) is 24.9. The van der Waals surface area contributed by atoms with Crippen LogP contribution in [0.3, 0.4) is 0 Å². The molecule has 1 aromatic carbocycles.